The Morgan fingerprint density at radius 1 is 1.29 bits per heavy atom. The molecule has 0 fully saturated rings. The molecular weight excluding hydrogens is 271 g/mol. The lowest BCUT2D eigenvalue weighted by Gasteiger charge is -2.10. The van der Waals surface area contributed by atoms with Crippen LogP contribution < -0.4 is 15.8 Å². The summed E-state index contributed by atoms with van der Waals surface area (Å²) < 4.78 is 18.8. The molecule has 2 rings (SSSR count). The Kier molecular flexibility index (Phi) is 4.77. The fraction of sp³-hybridized carbons (Fsp3) is 0.188. The second-order valence-electron chi connectivity index (χ2n) is 4.46. The Balaban J connectivity index is 2.07. The highest BCUT2D eigenvalue weighted by atomic mass is 19.1. The van der Waals surface area contributed by atoms with Gasteiger partial charge in [-0.3, -0.25) is 4.79 Å². The fourth-order valence-electron chi connectivity index (χ4n) is 1.88. The maximum atomic E-state index is 13.5. The van der Waals surface area contributed by atoms with E-state index in [1.54, 1.807) is 36.4 Å². The first-order chi connectivity index (χ1) is 10.1. The predicted octanol–water partition coefficient (Wildman–Crippen LogP) is 2.74. The van der Waals surface area contributed by atoms with Gasteiger partial charge in [-0.25, -0.2) is 4.39 Å². The molecule has 0 radical (unpaired) electrons. The number of benzene rings is 2. The van der Waals surface area contributed by atoms with Crippen molar-refractivity contribution in [2.24, 2.45) is 0 Å². The van der Waals surface area contributed by atoms with Crippen molar-refractivity contribution in [1.82, 2.24) is 5.32 Å². The first-order valence-corrected chi connectivity index (χ1v) is 6.65. The third kappa shape index (κ3) is 3.72. The number of anilines is 1. The van der Waals surface area contributed by atoms with Crippen molar-refractivity contribution in [2.75, 3.05) is 12.3 Å². The van der Waals surface area contributed by atoms with Crippen LogP contribution in [0.2, 0.25) is 0 Å². The van der Waals surface area contributed by atoms with Gasteiger partial charge >= 0.3 is 0 Å². The van der Waals surface area contributed by atoms with Gasteiger partial charge in [-0.05, 0) is 31.2 Å². The molecule has 0 atom stereocenters. The van der Waals surface area contributed by atoms with Crippen molar-refractivity contribution in [1.29, 1.82) is 0 Å². The van der Waals surface area contributed by atoms with Gasteiger partial charge in [-0.2, -0.15) is 0 Å². The number of amides is 1. The lowest BCUT2D eigenvalue weighted by Crippen LogP contribution is -2.23. The van der Waals surface area contributed by atoms with Gasteiger partial charge in [0.2, 0.25) is 0 Å². The van der Waals surface area contributed by atoms with Crippen LogP contribution in [0.5, 0.6) is 5.75 Å². The molecule has 0 saturated heterocycles. The molecule has 0 aliphatic rings. The topological polar surface area (TPSA) is 64.3 Å². The summed E-state index contributed by atoms with van der Waals surface area (Å²) in [5.74, 6) is -0.180. The van der Waals surface area contributed by atoms with Gasteiger partial charge in [-0.1, -0.05) is 18.2 Å². The van der Waals surface area contributed by atoms with Crippen molar-refractivity contribution < 1.29 is 13.9 Å². The maximum Gasteiger partial charge on any atom is 0.251 e. The van der Waals surface area contributed by atoms with Crippen LogP contribution in [0.25, 0.3) is 0 Å². The number of carbonyl (C=O) groups excluding carboxylic acids is 1. The summed E-state index contributed by atoms with van der Waals surface area (Å²) in [4.78, 5) is 12.1. The van der Waals surface area contributed by atoms with Gasteiger partial charge < -0.3 is 15.8 Å². The molecule has 2 aromatic carbocycles. The highest BCUT2D eigenvalue weighted by Crippen LogP contribution is 2.22. The minimum atomic E-state index is -0.342. The quantitative estimate of drug-likeness (QED) is 0.831. The minimum absolute atomic E-state index is 0.125. The normalized spacial score (nSPS) is 10.2. The average Bonchev–Trinajstić information content (AvgIpc) is 2.48. The van der Waals surface area contributed by atoms with E-state index in [2.05, 4.69) is 5.32 Å². The zero-order valence-electron chi connectivity index (χ0n) is 11.7. The molecule has 0 bridgehead atoms. The Labute approximate surface area is 122 Å². The zero-order valence-corrected chi connectivity index (χ0v) is 11.7. The lowest BCUT2D eigenvalue weighted by molar-refractivity contribution is 0.0950. The van der Waals surface area contributed by atoms with Crippen LogP contribution in [0.3, 0.4) is 0 Å². The Morgan fingerprint density at radius 3 is 2.76 bits per heavy atom. The van der Waals surface area contributed by atoms with Crippen LogP contribution in [-0.4, -0.2) is 12.5 Å². The third-order valence-corrected chi connectivity index (χ3v) is 2.97. The van der Waals surface area contributed by atoms with Crippen LogP contribution >= 0.6 is 0 Å². The SMILES string of the molecule is CCOc1cc(C(=O)NCc2ccccc2F)ccc1N. The zero-order chi connectivity index (χ0) is 15.2. The predicted molar refractivity (Wildman–Crippen MR) is 79.6 cm³/mol. The van der Waals surface area contributed by atoms with Gasteiger partial charge in [0.1, 0.15) is 11.6 Å². The number of carbonyl (C=O) groups is 1. The van der Waals surface area contributed by atoms with Gasteiger partial charge in [0.05, 0.1) is 12.3 Å². The van der Waals surface area contributed by atoms with E-state index in [-0.39, 0.29) is 18.3 Å². The van der Waals surface area contributed by atoms with Crippen LogP contribution in [-0.2, 0) is 6.54 Å². The smallest absolute Gasteiger partial charge is 0.251 e. The molecular formula is C16H17FN2O2. The molecule has 0 aliphatic carbocycles. The van der Waals surface area contributed by atoms with Crippen molar-refractivity contribution in [3.8, 4) is 5.75 Å². The molecule has 4 nitrogen and oxygen atoms in total. The number of halogens is 1. The molecule has 0 unspecified atom stereocenters. The molecule has 0 spiro atoms. The van der Waals surface area contributed by atoms with E-state index < -0.39 is 0 Å². The summed E-state index contributed by atoms with van der Waals surface area (Å²) in [6.07, 6.45) is 0. The first kappa shape index (κ1) is 14.8. The summed E-state index contributed by atoms with van der Waals surface area (Å²) in [5, 5.41) is 2.67. The third-order valence-electron chi connectivity index (χ3n) is 2.97. The van der Waals surface area contributed by atoms with E-state index >= 15 is 0 Å². The minimum Gasteiger partial charge on any atom is -0.492 e. The highest BCUT2D eigenvalue weighted by molar-refractivity contribution is 5.95. The molecule has 3 N–H and O–H groups in total. The summed E-state index contributed by atoms with van der Waals surface area (Å²) in [5.41, 5.74) is 7.09. The van der Waals surface area contributed by atoms with E-state index in [9.17, 15) is 9.18 Å². The molecule has 2 aromatic rings. The molecule has 5 heteroatoms. The molecule has 0 aromatic heterocycles. The van der Waals surface area contributed by atoms with Crippen molar-refractivity contribution in [3.63, 3.8) is 0 Å². The standard InChI is InChI=1S/C16H17FN2O2/c1-2-21-15-9-11(7-8-14(15)18)16(20)19-10-12-5-3-4-6-13(12)17/h3-9H,2,10,18H2,1H3,(H,19,20). The Hall–Kier alpha value is -2.56. The summed E-state index contributed by atoms with van der Waals surface area (Å²) in [6, 6.07) is 11.1. The van der Waals surface area contributed by atoms with Crippen LogP contribution in [0.4, 0.5) is 10.1 Å². The second kappa shape index (κ2) is 6.74. The number of nitrogen functional groups attached to an aromatic ring is 1. The van der Waals surface area contributed by atoms with E-state index in [4.69, 9.17) is 10.5 Å². The second-order valence-corrected chi connectivity index (χ2v) is 4.46. The van der Waals surface area contributed by atoms with Gasteiger partial charge in [0.25, 0.3) is 5.91 Å². The number of hydrogen-bond acceptors (Lipinski definition) is 3. The molecule has 110 valence electrons. The van der Waals surface area contributed by atoms with Crippen molar-refractivity contribution >= 4 is 11.6 Å². The lowest BCUT2D eigenvalue weighted by atomic mass is 10.1. The first-order valence-electron chi connectivity index (χ1n) is 6.65. The Bertz CT molecular complexity index is 644. The highest BCUT2D eigenvalue weighted by Gasteiger charge is 2.10. The summed E-state index contributed by atoms with van der Waals surface area (Å²) >= 11 is 0. The van der Waals surface area contributed by atoms with Crippen LogP contribution in [0.15, 0.2) is 42.5 Å². The molecule has 1 amide bonds. The van der Waals surface area contributed by atoms with Gasteiger partial charge in [-0.15, -0.1) is 0 Å². The summed E-state index contributed by atoms with van der Waals surface area (Å²) in [6.45, 7) is 2.43. The van der Waals surface area contributed by atoms with Crippen molar-refractivity contribution in [3.05, 3.63) is 59.4 Å². The number of hydrogen-bond donors (Lipinski definition) is 2. The molecule has 0 heterocycles. The van der Waals surface area contributed by atoms with E-state index in [1.165, 1.54) is 6.07 Å². The van der Waals surface area contributed by atoms with Crippen LogP contribution in [0, 0.1) is 5.82 Å². The van der Waals surface area contributed by atoms with E-state index in [1.807, 2.05) is 6.92 Å². The number of nitrogens with two attached hydrogens (primary N) is 1. The van der Waals surface area contributed by atoms with E-state index in [0.29, 0.717) is 29.2 Å². The molecule has 21 heavy (non-hydrogen) atoms. The van der Waals surface area contributed by atoms with Gasteiger partial charge in [0, 0.05) is 17.7 Å². The monoisotopic (exact) mass is 288 g/mol. The average molecular weight is 288 g/mol. The maximum absolute atomic E-state index is 13.5. The number of ether oxygens (including phenoxy) is 1. The summed E-state index contributed by atoms with van der Waals surface area (Å²) in [7, 11) is 0. The molecule has 0 aliphatic heterocycles. The van der Waals surface area contributed by atoms with Crippen LogP contribution in [0.1, 0.15) is 22.8 Å². The fourth-order valence-corrected chi connectivity index (χ4v) is 1.88. The largest absolute Gasteiger partial charge is 0.492 e. The Morgan fingerprint density at radius 2 is 2.05 bits per heavy atom. The molecule has 0 saturated carbocycles. The number of nitrogens with one attached hydrogen (secondary N) is 1. The van der Waals surface area contributed by atoms with Crippen molar-refractivity contribution in [2.45, 2.75) is 13.5 Å². The number of rotatable bonds is 5. The van der Waals surface area contributed by atoms with E-state index in [0.717, 1.165) is 0 Å². The van der Waals surface area contributed by atoms with Gasteiger partial charge in [0.15, 0.2) is 0 Å².